The lowest BCUT2D eigenvalue weighted by molar-refractivity contribution is 0.559. The number of benzene rings is 1. The van der Waals surface area contributed by atoms with E-state index in [1.807, 2.05) is 0 Å². The summed E-state index contributed by atoms with van der Waals surface area (Å²) in [5.74, 6) is -0.202. The van der Waals surface area contributed by atoms with E-state index in [0.29, 0.717) is 5.02 Å². The summed E-state index contributed by atoms with van der Waals surface area (Å²) in [6.07, 6.45) is 2.13. The molecule has 1 nitrogen and oxygen atoms in total. The number of hydrogen-bond acceptors (Lipinski definition) is 1. The third-order valence-electron chi connectivity index (χ3n) is 2.40. The molecule has 0 saturated carbocycles. The van der Waals surface area contributed by atoms with Gasteiger partial charge >= 0.3 is 0 Å². The van der Waals surface area contributed by atoms with Crippen LogP contribution in [0, 0.1) is 5.82 Å². The smallest absolute Gasteiger partial charge is 0.129 e. The summed E-state index contributed by atoms with van der Waals surface area (Å²) >= 11 is 5.66. The van der Waals surface area contributed by atoms with Crippen LogP contribution >= 0.6 is 11.6 Å². The number of halogens is 2. The lowest BCUT2D eigenvalue weighted by atomic mass is 10.1. The Bertz CT molecular complexity index is 308. The van der Waals surface area contributed by atoms with E-state index in [4.69, 9.17) is 11.6 Å². The first kappa shape index (κ1) is 8.97. The summed E-state index contributed by atoms with van der Waals surface area (Å²) in [4.78, 5) is 0. The minimum Gasteiger partial charge on any atom is -0.310 e. The molecule has 1 saturated heterocycles. The van der Waals surface area contributed by atoms with Crippen molar-refractivity contribution in [1.82, 2.24) is 5.32 Å². The van der Waals surface area contributed by atoms with Crippen LogP contribution in [0.2, 0.25) is 5.02 Å². The monoisotopic (exact) mass is 199 g/mol. The van der Waals surface area contributed by atoms with Crippen LogP contribution in [0.1, 0.15) is 24.4 Å². The quantitative estimate of drug-likeness (QED) is 0.734. The van der Waals surface area contributed by atoms with Crippen molar-refractivity contribution in [3.05, 3.63) is 34.6 Å². The van der Waals surface area contributed by atoms with Crippen molar-refractivity contribution in [2.45, 2.75) is 18.9 Å². The van der Waals surface area contributed by atoms with Crippen LogP contribution in [-0.2, 0) is 0 Å². The van der Waals surface area contributed by atoms with Gasteiger partial charge in [-0.25, -0.2) is 4.39 Å². The van der Waals surface area contributed by atoms with Gasteiger partial charge in [0, 0.05) is 16.6 Å². The van der Waals surface area contributed by atoms with Gasteiger partial charge in [-0.15, -0.1) is 0 Å². The van der Waals surface area contributed by atoms with E-state index in [9.17, 15) is 4.39 Å². The van der Waals surface area contributed by atoms with Crippen LogP contribution in [0.3, 0.4) is 0 Å². The predicted octanol–water partition coefficient (Wildman–Crippen LogP) is 2.90. The molecule has 1 N–H and O–H groups in total. The predicted molar refractivity (Wildman–Crippen MR) is 51.4 cm³/mol. The molecule has 1 aromatic rings. The highest BCUT2D eigenvalue weighted by molar-refractivity contribution is 6.30. The lowest BCUT2D eigenvalue weighted by Gasteiger charge is -2.11. The Morgan fingerprint density at radius 2 is 2.31 bits per heavy atom. The third-order valence-corrected chi connectivity index (χ3v) is 2.63. The molecule has 1 heterocycles. The van der Waals surface area contributed by atoms with Gasteiger partial charge in [-0.2, -0.15) is 0 Å². The van der Waals surface area contributed by atoms with Gasteiger partial charge < -0.3 is 5.32 Å². The number of nitrogens with one attached hydrogen (secondary N) is 1. The summed E-state index contributed by atoms with van der Waals surface area (Å²) in [6, 6.07) is 5.05. The molecule has 1 aromatic carbocycles. The van der Waals surface area contributed by atoms with Crippen molar-refractivity contribution < 1.29 is 4.39 Å². The van der Waals surface area contributed by atoms with Crippen molar-refractivity contribution >= 4 is 11.6 Å². The Morgan fingerprint density at radius 3 is 2.92 bits per heavy atom. The minimum atomic E-state index is -0.202. The first-order valence-corrected chi connectivity index (χ1v) is 4.83. The van der Waals surface area contributed by atoms with Crippen LogP contribution < -0.4 is 5.32 Å². The van der Waals surface area contributed by atoms with E-state index < -0.39 is 0 Å². The number of rotatable bonds is 1. The normalized spacial score (nSPS) is 22.2. The van der Waals surface area contributed by atoms with Crippen LogP contribution in [0.25, 0.3) is 0 Å². The molecule has 0 aromatic heterocycles. The second-order valence-corrected chi connectivity index (χ2v) is 3.75. The van der Waals surface area contributed by atoms with Gasteiger partial charge in [-0.05, 0) is 31.5 Å². The molecule has 0 bridgehead atoms. The molecule has 0 amide bonds. The Hall–Kier alpha value is -0.600. The standard InChI is InChI=1S/C10H11ClFN/c11-7-3-4-8(9(12)6-7)10-2-1-5-13-10/h3-4,6,10,13H,1-2,5H2/t10-/m1/s1. The molecule has 0 unspecified atom stereocenters. The average Bonchev–Trinajstić information content (AvgIpc) is 2.56. The Morgan fingerprint density at radius 1 is 1.46 bits per heavy atom. The first-order valence-electron chi connectivity index (χ1n) is 4.46. The molecule has 0 aliphatic carbocycles. The molecular formula is C10H11ClFN. The SMILES string of the molecule is Fc1cc(Cl)ccc1[C@H]1CCCN1. The van der Waals surface area contributed by atoms with E-state index in [0.717, 1.165) is 24.9 Å². The van der Waals surface area contributed by atoms with E-state index in [1.165, 1.54) is 6.07 Å². The topological polar surface area (TPSA) is 12.0 Å². The van der Waals surface area contributed by atoms with Gasteiger partial charge in [0.2, 0.25) is 0 Å². The summed E-state index contributed by atoms with van der Waals surface area (Å²) in [6.45, 7) is 0.979. The van der Waals surface area contributed by atoms with Crippen molar-refractivity contribution in [3.8, 4) is 0 Å². The minimum absolute atomic E-state index is 0.178. The van der Waals surface area contributed by atoms with Crippen molar-refractivity contribution in [3.63, 3.8) is 0 Å². The zero-order valence-corrected chi connectivity index (χ0v) is 7.94. The Balaban J connectivity index is 2.29. The Kier molecular flexibility index (Phi) is 2.51. The Labute approximate surface area is 81.9 Å². The van der Waals surface area contributed by atoms with E-state index in [1.54, 1.807) is 12.1 Å². The van der Waals surface area contributed by atoms with Gasteiger partial charge in [-0.1, -0.05) is 17.7 Å². The van der Waals surface area contributed by atoms with Crippen molar-refractivity contribution in [1.29, 1.82) is 0 Å². The molecule has 1 fully saturated rings. The van der Waals surface area contributed by atoms with Crippen molar-refractivity contribution in [2.75, 3.05) is 6.54 Å². The lowest BCUT2D eigenvalue weighted by Crippen LogP contribution is -2.14. The molecule has 2 rings (SSSR count). The maximum atomic E-state index is 13.4. The van der Waals surface area contributed by atoms with Crippen LogP contribution in [0.4, 0.5) is 4.39 Å². The highest BCUT2D eigenvalue weighted by Gasteiger charge is 2.19. The molecular weight excluding hydrogens is 189 g/mol. The fraction of sp³-hybridized carbons (Fsp3) is 0.400. The molecule has 13 heavy (non-hydrogen) atoms. The molecule has 1 atom stereocenters. The zero-order valence-electron chi connectivity index (χ0n) is 7.19. The maximum absolute atomic E-state index is 13.4. The van der Waals surface area contributed by atoms with Crippen LogP contribution in [0.15, 0.2) is 18.2 Å². The maximum Gasteiger partial charge on any atom is 0.129 e. The largest absolute Gasteiger partial charge is 0.310 e. The molecule has 0 spiro atoms. The van der Waals surface area contributed by atoms with E-state index >= 15 is 0 Å². The number of hydrogen-bond donors (Lipinski definition) is 1. The molecule has 1 aliphatic heterocycles. The second-order valence-electron chi connectivity index (χ2n) is 3.31. The highest BCUT2D eigenvalue weighted by Crippen LogP contribution is 2.26. The van der Waals surface area contributed by atoms with E-state index in [2.05, 4.69) is 5.32 Å². The van der Waals surface area contributed by atoms with Gasteiger partial charge in [-0.3, -0.25) is 0 Å². The highest BCUT2D eigenvalue weighted by atomic mass is 35.5. The van der Waals surface area contributed by atoms with Gasteiger partial charge in [0.15, 0.2) is 0 Å². The molecule has 1 aliphatic rings. The summed E-state index contributed by atoms with van der Waals surface area (Å²) < 4.78 is 13.4. The summed E-state index contributed by atoms with van der Waals surface area (Å²) in [5.41, 5.74) is 0.738. The third kappa shape index (κ3) is 1.84. The van der Waals surface area contributed by atoms with Gasteiger partial charge in [0.05, 0.1) is 0 Å². The molecule has 0 radical (unpaired) electrons. The first-order chi connectivity index (χ1) is 6.27. The zero-order chi connectivity index (χ0) is 9.26. The van der Waals surface area contributed by atoms with Crippen LogP contribution in [-0.4, -0.2) is 6.54 Å². The van der Waals surface area contributed by atoms with Crippen molar-refractivity contribution in [2.24, 2.45) is 0 Å². The average molecular weight is 200 g/mol. The molecule has 3 heteroatoms. The fourth-order valence-corrected chi connectivity index (χ4v) is 1.89. The second kappa shape index (κ2) is 3.64. The van der Waals surface area contributed by atoms with Gasteiger partial charge in [0.25, 0.3) is 0 Å². The van der Waals surface area contributed by atoms with E-state index in [-0.39, 0.29) is 11.9 Å². The summed E-state index contributed by atoms with van der Waals surface area (Å²) in [5, 5.41) is 3.71. The van der Waals surface area contributed by atoms with Crippen LogP contribution in [0.5, 0.6) is 0 Å². The summed E-state index contributed by atoms with van der Waals surface area (Å²) in [7, 11) is 0. The molecule has 70 valence electrons. The fourth-order valence-electron chi connectivity index (χ4n) is 1.73. The van der Waals surface area contributed by atoms with Gasteiger partial charge in [0.1, 0.15) is 5.82 Å².